The minimum absolute atomic E-state index is 0.289. The lowest BCUT2D eigenvalue weighted by Gasteiger charge is -2.35. The second kappa shape index (κ2) is 8.62. The molecule has 0 spiro atoms. The van der Waals surface area contributed by atoms with Gasteiger partial charge in [-0.15, -0.1) is 0 Å². The Morgan fingerprint density at radius 1 is 1.33 bits per heavy atom. The maximum atomic E-state index is 11.3. The normalized spacial score (nSPS) is 19.8. The van der Waals surface area contributed by atoms with E-state index in [0.29, 0.717) is 38.6 Å². The third kappa shape index (κ3) is 5.48. The highest BCUT2D eigenvalue weighted by Gasteiger charge is 2.32. The second-order valence-corrected chi connectivity index (χ2v) is 5.70. The zero-order valence-corrected chi connectivity index (χ0v) is 13.3. The van der Waals surface area contributed by atoms with E-state index in [0.717, 1.165) is 5.56 Å². The van der Waals surface area contributed by atoms with Gasteiger partial charge in [-0.2, -0.15) is 0 Å². The van der Waals surface area contributed by atoms with E-state index >= 15 is 0 Å². The number of nitrogens with two attached hydrogens (primary N) is 1. The molecule has 2 atom stereocenters. The number of carboxylic acid groups (broad SMARTS) is 2. The van der Waals surface area contributed by atoms with Gasteiger partial charge < -0.3 is 25.4 Å². The van der Waals surface area contributed by atoms with Crippen LogP contribution in [0.25, 0.3) is 0 Å². The number of nitrogen functional groups attached to an aromatic ring is 1. The van der Waals surface area contributed by atoms with Crippen LogP contribution in [-0.2, 0) is 25.7 Å². The van der Waals surface area contributed by atoms with E-state index in [1.165, 1.54) is 0 Å². The molecule has 0 bridgehead atoms. The molecule has 8 nitrogen and oxygen atoms in total. The van der Waals surface area contributed by atoms with Crippen molar-refractivity contribution in [3.8, 4) is 0 Å². The Kier molecular flexibility index (Phi) is 6.53. The fourth-order valence-corrected chi connectivity index (χ4v) is 2.59. The Hall–Kier alpha value is -2.16. The molecule has 1 aliphatic rings. The maximum absolute atomic E-state index is 11.3. The molecule has 1 aromatic rings. The van der Waals surface area contributed by atoms with Crippen LogP contribution in [0, 0.1) is 0 Å². The first-order chi connectivity index (χ1) is 11.5. The van der Waals surface area contributed by atoms with Crippen molar-refractivity contribution in [2.45, 2.75) is 25.2 Å². The molecule has 1 aromatic carbocycles. The zero-order chi connectivity index (χ0) is 17.5. The summed E-state index contributed by atoms with van der Waals surface area (Å²) < 4.78 is 11.2. The number of ether oxygens (including phenoxy) is 2. The first-order valence-electron chi connectivity index (χ1n) is 7.68. The smallest absolute Gasteiger partial charge is 0.321 e. The summed E-state index contributed by atoms with van der Waals surface area (Å²) in [4.78, 5) is 23.7. The van der Waals surface area contributed by atoms with Gasteiger partial charge in [-0.3, -0.25) is 14.5 Å². The highest BCUT2D eigenvalue weighted by molar-refractivity contribution is 5.80. The Balaban J connectivity index is 1.82. The fraction of sp³-hybridized carbons (Fsp3) is 0.500. The maximum Gasteiger partial charge on any atom is 0.321 e. The average Bonchev–Trinajstić information content (AvgIpc) is 2.54. The number of nitrogens with zero attached hydrogens (tertiary/aromatic N) is 1. The van der Waals surface area contributed by atoms with Gasteiger partial charge in [0.1, 0.15) is 6.04 Å². The number of rotatable bonds is 8. The second-order valence-electron chi connectivity index (χ2n) is 5.70. The quantitative estimate of drug-likeness (QED) is 0.583. The monoisotopic (exact) mass is 338 g/mol. The van der Waals surface area contributed by atoms with E-state index in [1.807, 2.05) is 12.1 Å². The van der Waals surface area contributed by atoms with Crippen LogP contribution in [0.2, 0.25) is 0 Å². The highest BCUT2D eigenvalue weighted by Crippen LogP contribution is 2.14. The molecule has 24 heavy (non-hydrogen) atoms. The first kappa shape index (κ1) is 18.2. The van der Waals surface area contributed by atoms with Gasteiger partial charge in [0.25, 0.3) is 0 Å². The zero-order valence-electron chi connectivity index (χ0n) is 13.3. The van der Waals surface area contributed by atoms with Gasteiger partial charge in [0.05, 0.1) is 32.3 Å². The first-order valence-corrected chi connectivity index (χ1v) is 7.68. The average molecular weight is 338 g/mol. The van der Waals surface area contributed by atoms with E-state index in [1.54, 1.807) is 17.0 Å². The predicted octanol–water partition coefficient (Wildman–Crippen LogP) is 0.414. The van der Waals surface area contributed by atoms with Crippen molar-refractivity contribution in [1.29, 1.82) is 0 Å². The summed E-state index contributed by atoms with van der Waals surface area (Å²) in [5.41, 5.74) is 7.28. The van der Waals surface area contributed by atoms with E-state index in [2.05, 4.69) is 0 Å². The predicted molar refractivity (Wildman–Crippen MR) is 85.5 cm³/mol. The summed E-state index contributed by atoms with van der Waals surface area (Å²) in [7, 11) is 0. The highest BCUT2D eigenvalue weighted by atomic mass is 16.5. The fourth-order valence-electron chi connectivity index (χ4n) is 2.59. The van der Waals surface area contributed by atoms with Crippen LogP contribution in [0.1, 0.15) is 12.0 Å². The number of carboxylic acids is 2. The number of morpholine rings is 1. The van der Waals surface area contributed by atoms with Crippen molar-refractivity contribution in [2.24, 2.45) is 0 Å². The molecule has 0 radical (unpaired) electrons. The topological polar surface area (TPSA) is 122 Å². The van der Waals surface area contributed by atoms with Gasteiger partial charge in [-0.05, 0) is 17.7 Å². The number of anilines is 1. The Morgan fingerprint density at radius 3 is 2.67 bits per heavy atom. The third-order valence-electron chi connectivity index (χ3n) is 3.82. The summed E-state index contributed by atoms with van der Waals surface area (Å²) >= 11 is 0. The standard InChI is InChI=1S/C16H22N2O6/c17-12-3-1-11(2-4-12)9-23-10-13-8-18(5-6-24-13)14(16(21)22)7-15(19)20/h1-4,13-14H,5-10,17H2,(H,19,20)(H,21,22). The molecular formula is C16H22N2O6. The lowest BCUT2D eigenvalue weighted by atomic mass is 10.1. The van der Waals surface area contributed by atoms with Gasteiger partial charge in [-0.1, -0.05) is 12.1 Å². The molecule has 1 heterocycles. The number of aliphatic carboxylic acids is 2. The molecule has 1 fully saturated rings. The molecule has 0 aromatic heterocycles. The van der Waals surface area contributed by atoms with Crippen LogP contribution < -0.4 is 5.73 Å². The molecule has 0 amide bonds. The molecule has 1 saturated heterocycles. The van der Waals surface area contributed by atoms with Crippen LogP contribution >= 0.6 is 0 Å². The molecule has 1 aliphatic heterocycles. The van der Waals surface area contributed by atoms with E-state index in [-0.39, 0.29) is 6.10 Å². The Bertz CT molecular complexity index is 562. The largest absolute Gasteiger partial charge is 0.481 e. The van der Waals surface area contributed by atoms with Crippen molar-refractivity contribution in [1.82, 2.24) is 4.90 Å². The molecule has 4 N–H and O–H groups in total. The van der Waals surface area contributed by atoms with Crippen molar-refractivity contribution < 1.29 is 29.3 Å². The van der Waals surface area contributed by atoms with E-state index < -0.39 is 24.4 Å². The van der Waals surface area contributed by atoms with Crippen molar-refractivity contribution >= 4 is 17.6 Å². The van der Waals surface area contributed by atoms with Crippen molar-refractivity contribution in [3.05, 3.63) is 29.8 Å². The molecular weight excluding hydrogens is 316 g/mol. The van der Waals surface area contributed by atoms with Gasteiger partial charge in [0.15, 0.2) is 0 Å². The third-order valence-corrected chi connectivity index (χ3v) is 3.82. The van der Waals surface area contributed by atoms with Gasteiger partial charge >= 0.3 is 11.9 Å². The van der Waals surface area contributed by atoms with Gasteiger partial charge in [-0.25, -0.2) is 0 Å². The summed E-state index contributed by atoms with van der Waals surface area (Å²) in [6.07, 6.45) is -0.725. The van der Waals surface area contributed by atoms with Crippen LogP contribution in [-0.4, -0.2) is 65.5 Å². The van der Waals surface area contributed by atoms with Crippen molar-refractivity contribution in [2.75, 3.05) is 32.0 Å². The lowest BCUT2D eigenvalue weighted by Crippen LogP contribution is -2.52. The van der Waals surface area contributed by atoms with Crippen LogP contribution in [0.5, 0.6) is 0 Å². The minimum atomic E-state index is -1.14. The SMILES string of the molecule is Nc1ccc(COCC2CN(C(CC(=O)O)C(=O)O)CCO2)cc1. The van der Waals surface area contributed by atoms with Gasteiger partial charge in [0.2, 0.25) is 0 Å². The van der Waals surface area contributed by atoms with Crippen LogP contribution in [0.3, 0.4) is 0 Å². The number of carbonyl (C=O) groups is 2. The molecule has 132 valence electrons. The summed E-state index contributed by atoms with van der Waals surface area (Å²) in [5.74, 6) is -2.27. The molecule has 8 heteroatoms. The van der Waals surface area contributed by atoms with Gasteiger partial charge in [0, 0.05) is 18.8 Å². The molecule has 2 unspecified atom stereocenters. The summed E-state index contributed by atoms with van der Waals surface area (Å²) in [6.45, 7) is 1.77. The number of hydrogen-bond acceptors (Lipinski definition) is 6. The molecule has 2 rings (SSSR count). The number of benzene rings is 1. The molecule has 0 aliphatic carbocycles. The van der Waals surface area contributed by atoms with E-state index in [9.17, 15) is 14.7 Å². The number of hydrogen-bond donors (Lipinski definition) is 3. The van der Waals surface area contributed by atoms with Crippen LogP contribution in [0.15, 0.2) is 24.3 Å². The minimum Gasteiger partial charge on any atom is -0.481 e. The summed E-state index contributed by atoms with van der Waals surface area (Å²) in [6, 6.07) is 6.28. The molecule has 0 saturated carbocycles. The lowest BCUT2D eigenvalue weighted by molar-refractivity contribution is -0.154. The Morgan fingerprint density at radius 2 is 2.04 bits per heavy atom. The Labute approximate surface area is 139 Å². The van der Waals surface area contributed by atoms with Crippen molar-refractivity contribution in [3.63, 3.8) is 0 Å². The van der Waals surface area contributed by atoms with Crippen LogP contribution in [0.4, 0.5) is 5.69 Å². The van der Waals surface area contributed by atoms with E-state index in [4.69, 9.17) is 20.3 Å². The summed E-state index contributed by atoms with van der Waals surface area (Å²) in [5, 5.41) is 18.1.